The molecule has 1 amide bonds. The van der Waals surface area contributed by atoms with E-state index in [0.29, 0.717) is 12.1 Å². The summed E-state index contributed by atoms with van der Waals surface area (Å²) in [5.41, 5.74) is 5.19. The van der Waals surface area contributed by atoms with Crippen molar-refractivity contribution in [1.82, 2.24) is 20.4 Å². The first-order chi connectivity index (χ1) is 9.63. The molecule has 0 saturated heterocycles. The molecule has 112 valence electrons. The molecule has 1 aliphatic rings. The maximum absolute atomic E-state index is 12.1. The summed E-state index contributed by atoms with van der Waals surface area (Å²) >= 11 is 0. The highest BCUT2D eigenvalue weighted by Gasteiger charge is 2.13. The molecule has 1 aliphatic heterocycles. The van der Waals surface area contributed by atoms with Crippen molar-refractivity contribution in [2.45, 2.75) is 26.6 Å². The molecular formula is C15H19ClN4O. The van der Waals surface area contributed by atoms with Gasteiger partial charge in [0.2, 0.25) is 0 Å². The Morgan fingerprint density at radius 3 is 2.86 bits per heavy atom. The van der Waals surface area contributed by atoms with E-state index in [1.54, 1.807) is 10.9 Å². The fraction of sp³-hybridized carbons (Fsp3) is 0.333. The molecule has 0 radical (unpaired) electrons. The minimum atomic E-state index is -0.0748. The van der Waals surface area contributed by atoms with Crippen molar-refractivity contribution in [2.24, 2.45) is 7.05 Å². The van der Waals surface area contributed by atoms with Crippen LogP contribution < -0.4 is 10.6 Å². The van der Waals surface area contributed by atoms with E-state index in [4.69, 9.17) is 0 Å². The first-order valence-electron chi connectivity index (χ1n) is 6.73. The van der Waals surface area contributed by atoms with Crippen molar-refractivity contribution in [3.63, 3.8) is 0 Å². The molecule has 0 atom stereocenters. The summed E-state index contributed by atoms with van der Waals surface area (Å²) in [5.74, 6) is -0.0748. The van der Waals surface area contributed by atoms with E-state index < -0.39 is 0 Å². The molecule has 5 nitrogen and oxygen atoms in total. The molecule has 0 spiro atoms. The lowest BCUT2D eigenvalue weighted by Gasteiger charge is -2.06. The zero-order chi connectivity index (χ0) is 14.1. The van der Waals surface area contributed by atoms with E-state index >= 15 is 0 Å². The van der Waals surface area contributed by atoms with E-state index in [0.717, 1.165) is 24.3 Å². The second-order valence-electron chi connectivity index (χ2n) is 5.19. The number of nitrogens with one attached hydrogen (secondary N) is 2. The highest BCUT2D eigenvalue weighted by Crippen LogP contribution is 2.17. The van der Waals surface area contributed by atoms with Crippen LogP contribution in [-0.4, -0.2) is 15.7 Å². The number of hydrogen-bond donors (Lipinski definition) is 2. The van der Waals surface area contributed by atoms with Gasteiger partial charge >= 0.3 is 0 Å². The van der Waals surface area contributed by atoms with Crippen LogP contribution in [0.1, 0.15) is 32.7 Å². The number of nitrogens with zero attached hydrogens (tertiary/aromatic N) is 2. The third-order valence-electron chi connectivity index (χ3n) is 3.61. The Morgan fingerprint density at radius 2 is 2.14 bits per heavy atom. The largest absolute Gasteiger partial charge is 0.348 e. The molecule has 0 fully saturated rings. The van der Waals surface area contributed by atoms with Crippen LogP contribution in [0.3, 0.4) is 0 Å². The van der Waals surface area contributed by atoms with Gasteiger partial charge < -0.3 is 10.6 Å². The van der Waals surface area contributed by atoms with Gasteiger partial charge in [0.15, 0.2) is 0 Å². The fourth-order valence-corrected chi connectivity index (χ4v) is 2.56. The number of amides is 1. The van der Waals surface area contributed by atoms with Gasteiger partial charge in [-0.05, 0) is 23.6 Å². The summed E-state index contributed by atoms with van der Waals surface area (Å²) in [5, 5.41) is 10.4. The maximum atomic E-state index is 12.1. The SMILES string of the molecule is Cc1nn(C)cc1C(=O)NCc1ccc2c(c1)CNC2.Cl. The third-order valence-corrected chi connectivity index (χ3v) is 3.61. The predicted molar refractivity (Wildman–Crippen MR) is 83.3 cm³/mol. The molecule has 3 rings (SSSR count). The van der Waals surface area contributed by atoms with E-state index in [9.17, 15) is 4.79 Å². The number of rotatable bonds is 3. The topological polar surface area (TPSA) is 59.0 Å². The second-order valence-corrected chi connectivity index (χ2v) is 5.19. The first kappa shape index (κ1) is 15.5. The standard InChI is InChI=1S/C15H18N4O.ClH/c1-10-14(9-19(2)18-10)15(20)17-6-11-3-4-12-7-16-8-13(12)5-11;/h3-5,9,16H,6-8H2,1-2H3,(H,17,20);1H. The molecule has 1 aromatic heterocycles. The number of aryl methyl sites for hydroxylation is 2. The van der Waals surface area contributed by atoms with Gasteiger partial charge in [0.25, 0.3) is 5.91 Å². The zero-order valence-electron chi connectivity index (χ0n) is 12.1. The van der Waals surface area contributed by atoms with Gasteiger partial charge in [-0.25, -0.2) is 0 Å². The number of benzene rings is 1. The molecular weight excluding hydrogens is 288 g/mol. The quantitative estimate of drug-likeness (QED) is 0.907. The van der Waals surface area contributed by atoms with E-state index in [1.807, 2.05) is 14.0 Å². The molecule has 1 aromatic carbocycles. The summed E-state index contributed by atoms with van der Waals surface area (Å²) in [7, 11) is 1.82. The van der Waals surface area contributed by atoms with Crippen LogP contribution in [0.2, 0.25) is 0 Å². The van der Waals surface area contributed by atoms with Gasteiger partial charge in [-0.3, -0.25) is 9.48 Å². The highest BCUT2D eigenvalue weighted by molar-refractivity contribution is 5.94. The van der Waals surface area contributed by atoms with Crippen molar-refractivity contribution in [3.05, 3.63) is 52.3 Å². The summed E-state index contributed by atoms with van der Waals surface area (Å²) in [6.45, 7) is 4.24. The van der Waals surface area contributed by atoms with Crippen molar-refractivity contribution >= 4 is 18.3 Å². The number of halogens is 1. The zero-order valence-corrected chi connectivity index (χ0v) is 13.0. The number of aromatic nitrogens is 2. The minimum absolute atomic E-state index is 0. The molecule has 2 N–H and O–H groups in total. The Kier molecular flexibility index (Phi) is 4.65. The van der Waals surface area contributed by atoms with Gasteiger partial charge in [0.1, 0.15) is 0 Å². The lowest BCUT2D eigenvalue weighted by Crippen LogP contribution is -2.23. The Labute approximate surface area is 130 Å². The van der Waals surface area contributed by atoms with Crippen molar-refractivity contribution < 1.29 is 4.79 Å². The molecule has 0 saturated carbocycles. The molecule has 0 bridgehead atoms. The van der Waals surface area contributed by atoms with E-state index in [-0.39, 0.29) is 18.3 Å². The fourth-order valence-electron chi connectivity index (χ4n) is 2.56. The van der Waals surface area contributed by atoms with Crippen LogP contribution in [0, 0.1) is 6.92 Å². The Balaban J connectivity index is 0.00000161. The van der Waals surface area contributed by atoms with E-state index in [2.05, 4.69) is 33.9 Å². The molecule has 2 heterocycles. The van der Waals surface area contributed by atoms with Crippen LogP contribution in [0.25, 0.3) is 0 Å². The van der Waals surface area contributed by atoms with Gasteiger partial charge in [0.05, 0.1) is 11.3 Å². The van der Waals surface area contributed by atoms with Gasteiger partial charge in [-0.2, -0.15) is 5.10 Å². The molecule has 0 unspecified atom stereocenters. The van der Waals surface area contributed by atoms with Crippen molar-refractivity contribution in [1.29, 1.82) is 0 Å². The summed E-state index contributed by atoms with van der Waals surface area (Å²) < 4.78 is 1.66. The third kappa shape index (κ3) is 3.25. The summed E-state index contributed by atoms with van der Waals surface area (Å²) in [4.78, 5) is 12.1. The number of fused-ring (bicyclic) bond motifs is 1. The Bertz CT molecular complexity index is 666. The predicted octanol–water partition coefficient (Wildman–Crippen LogP) is 1.68. The lowest BCUT2D eigenvalue weighted by molar-refractivity contribution is 0.0950. The maximum Gasteiger partial charge on any atom is 0.255 e. The summed E-state index contributed by atoms with van der Waals surface area (Å²) in [6, 6.07) is 6.36. The van der Waals surface area contributed by atoms with Crippen LogP contribution >= 0.6 is 12.4 Å². The minimum Gasteiger partial charge on any atom is -0.348 e. The summed E-state index contributed by atoms with van der Waals surface area (Å²) in [6.07, 6.45) is 1.75. The van der Waals surface area contributed by atoms with Gasteiger partial charge in [-0.1, -0.05) is 18.2 Å². The van der Waals surface area contributed by atoms with E-state index in [1.165, 1.54) is 11.1 Å². The second kappa shape index (κ2) is 6.28. The average molecular weight is 307 g/mol. The van der Waals surface area contributed by atoms with Crippen LogP contribution in [0.5, 0.6) is 0 Å². The molecule has 2 aromatic rings. The smallest absolute Gasteiger partial charge is 0.255 e. The number of hydrogen-bond acceptors (Lipinski definition) is 3. The molecule has 21 heavy (non-hydrogen) atoms. The molecule has 6 heteroatoms. The Hall–Kier alpha value is -1.85. The van der Waals surface area contributed by atoms with Crippen LogP contribution in [0.15, 0.2) is 24.4 Å². The highest BCUT2D eigenvalue weighted by atomic mass is 35.5. The molecule has 0 aliphatic carbocycles. The lowest BCUT2D eigenvalue weighted by atomic mass is 10.1. The number of carbonyl (C=O) groups is 1. The Morgan fingerprint density at radius 1 is 1.38 bits per heavy atom. The van der Waals surface area contributed by atoms with Crippen LogP contribution in [0.4, 0.5) is 0 Å². The van der Waals surface area contributed by atoms with Gasteiger partial charge in [0, 0.05) is 32.9 Å². The average Bonchev–Trinajstić information content (AvgIpc) is 3.01. The van der Waals surface area contributed by atoms with Gasteiger partial charge in [-0.15, -0.1) is 12.4 Å². The van der Waals surface area contributed by atoms with Crippen LogP contribution in [-0.2, 0) is 26.7 Å². The number of carbonyl (C=O) groups excluding carboxylic acids is 1. The first-order valence-corrected chi connectivity index (χ1v) is 6.73. The monoisotopic (exact) mass is 306 g/mol. The van der Waals surface area contributed by atoms with Crippen molar-refractivity contribution in [2.75, 3.05) is 0 Å². The van der Waals surface area contributed by atoms with Crippen molar-refractivity contribution in [3.8, 4) is 0 Å². The normalized spacial score (nSPS) is 12.7.